The minimum Gasteiger partial charge on any atom is -0.493 e. The van der Waals surface area contributed by atoms with Crippen molar-refractivity contribution in [2.45, 2.75) is 12.5 Å². The molecule has 1 unspecified atom stereocenters. The van der Waals surface area contributed by atoms with Gasteiger partial charge in [-0.3, -0.25) is 4.79 Å². The Hall–Kier alpha value is -2.83. The van der Waals surface area contributed by atoms with Gasteiger partial charge >= 0.3 is 0 Å². The van der Waals surface area contributed by atoms with E-state index < -0.39 is 0 Å². The third-order valence-electron chi connectivity index (χ3n) is 5.02. The molecule has 0 aliphatic heterocycles. The summed E-state index contributed by atoms with van der Waals surface area (Å²) in [5.41, 5.74) is 2.25. The number of amides is 1. The van der Waals surface area contributed by atoms with Gasteiger partial charge in [0.05, 0.1) is 33.9 Å². The molecule has 0 radical (unpaired) electrons. The molecule has 1 aromatic heterocycles. The maximum atomic E-state index is 12.8. The molecule has 0 aliphatic rings. The van der Waals surface area contributed by atoms with Gasteiger partial charge in [0.15, 0.2) is 18.0 Å². The molecule has 2 N–H and O–H groups in total. The molecule has 1 heterocycles. The van der Waals surface area contributed by atoms with Crippen molar-refractivity contribution in [1.29, 1.82) is 0 Å². The standard InChI is InChI=1S/C24H28N2O3S/c1-26(14-13-18-11-12-20(28-2)21(16-18)29-3)17-23(27)25-24(22-10-7-15-30-22)19-8-5-4-6-9-19/h4-12,15-16,24H,13-14,17H2,1-3H3,(H,25,27)/p+1/t24-/m0/s1. The summed E-state index contributed by atoms with van der Waals surface area (Å²) in [5.74, 6) is 1.50. The summed E-state index contributed by atoms with van der Waals surface area (Å²) in [4.78, 5) is 15.1. The summed E-state index contributed by atoms with van der Waals surface area (Å²) >= 11 is 1.66. The number of hydrogen-bond acceptors (Lipinski definition) is 4. The summed E-state index contributed by atoms with van der Waals surface area (Å²) in [6.45, 7) is 1.26. The van der Waals surface area contributed by atoms with Gasteiger partial charge in [0.25, 0.3) is 5.91 Å². The zero-order valence-electron chi connectivity index (χ0n) is 17.7. The quantitative estimate of drug-likeness (QED) is 0.525. The number of nitrogens with one attached hydrogen (secondary N) is 2. The molecule has 0 spiro atoms. The van der Waals surface area contributed by atoms with E-state index in [0.717, 1.165) is 45.4 Å². The number of hydrogen-bond donors (Lipinski definition) is 2. The van der Waals surface area contributed by atoms with Crippen LogP contribution in [0.2, 0.25) is 0 Å². The highest BCUT2D eigenvalue weighted by Gasteiger charge is 2.20. The minimum absolute atomic E-state index is 0.0436. The number of benzene rings is 2. The number of carbonyl (C=O) groups excluding carboxylic acids is 1. The fourth-order valence-electron chi connectivity index (χ4n) is 3.39. The summed E-state index contributed by atoms with van der Waals surface area (Å²) in [6, 6.07) is 20.0. The Morgan fingerprint density at radius 3 is 2.47 bits per heavy atom. The van der Waals surface area contributed by atoms with Crippen molar-refractivity contribution in [1.82, 2.24) is 5.32 Å². The van der Waals surface area contributed by atoms with Crippen LogP contribution in [0.15, 0.2) is 66.0 Å². The number of rotatable bonds is 10. The molecule has 5 nitrogen and oxygen atoms in total. The number of likely N-dealkylation sites (N-methyl/N-ethyl adjacent to an activating group) is 1. The third-order valence-corrected chi connectivity index (χ3v) is 5.95. The van der Waals surface area contributed by atoms with Crippen molar-refractivity contribution in [3.63, 3.8) is 0 Å². The Balaban J connectivity index is 1.57. The van der Waals surface area contributed by atoms with Gasteiger partial charge < -0.3 is 19.7 Å². The molecule has 30 heavy (non-hydrogen) atoms. The van der Waals surface area contributed by atoms with Gasteiger partial charge in [-0.15, -0.1) is 11.3 Å². The highest BCUT2D eigenvalue weighted by atomic mass is 32.1. The molecule has 6 heteroatoms. The minimum atomic E-state index is -0.114. The van der Waals surface area contributed by atoms with E-state index in [2.05, 4.69) is 23.5 Å². The van der Waals surface area contributed by atoms with Crippen LogP contribution >= 0.6 is 11.3 Å². The van der Waals surface area contributed by atoms with E-state index >= 15 is 0 Å². The van der Waals surface area contributed by atoms with Gasteiger partial charge in [0.2, 0.25) is 0 Å². The van der Waals surface area contributed by atoms with Crippen molar-refractivity contribution in [2.24, 2.45) is 0 Å². The van der Waals surface area contributed by atoms with Crippen molar-refractivity contribution in [2.75, 3.05) is 34.4 Å². The maximum absolute atomic E-state index is 12.8. The Labute approximate surface area is 182 Å². The summed E-state index contributed by atoms with van der Waals surface area (Å²) in [6.07, 6.45) is 0.854. The van der Waals surface area contributed by atoms with Crippen LogP contribution < -0.4 is 19.7 Å². The van der Waals surface area contributed by atoms with Crippen LogP contribution in [0.1, 0.15) is 22.0 Å². The molecule has 0 saturated heterocycles. The Kier molecular flexibility index (Phi) is 7.88. The average Bonchev–Trinajstić information content (AvgIpc) is 3.31. The van der Waals surface area contributed by atoms with Crippen molar-refractivity contribution < 1.29 is 19.2 Å². The average molecular weight is 426 g/mol. The predicted molar refractivity (Wildman–Crippen MR) is 121 cm³/mol. The second-order valence-electron chi connectivity index (χ2n) is 7.25. The SMILES string of the molecule is COc1ccc(CC[NH+](C)CC(=O)N[C@@H](c2ccccc2)c2cccs2)cc1OC. The molecule has 0 saturated carbocycles. The molecule has 3 rings (SSSR count). The van der Waals surface area contributed by atoms with Crippen LogP contribution in [0.5, 0.6) is 11.5 Å². The van der Waals surface area contributed by atoms with Crippen LogP contribution in [0.3, 0.4) is 0 Å². The van der Waals surface area contributed by atoms with Crippen LogP contribution in [-0.4, -0.2) is 40.3 Å². The molecule has 1 amide bonds. The van der Waals surface area contributed by atoms with E-state index in [1.807, 2.05) is 54.9 Å². The monoisotopic (exact) mass is 425 g/mol. The zero-order valence-corrected chi connectivity index (χ0v) is 18.5. The van der Waals surface area contributed by atoms with Gasteiger partial charge in [0, 0.05) is 11.3 Å². The first-order chi connectivity index (χ1) is 14.6. The first-order valence-corrected chi connectivity index (χ1v) is 10.9. The van der Waals surface area contributed by atoms with Gasteiger partial charge in [-0.1, -0.05) is 42.5 Å². The molecular weight excluding hydrogens is 396 g/mol. The fraction of sp³-hybridized carbons (Fsp3) is 0.292. The largest absolute Gasteiger partial charge is 0.493 e. The maximum Gasteiger partial charge on any atom is 0.275 e. The zero-order chi connectivity index (χ0) is 21.3. The number of carbonyl (C=O) groups is 1. The van der Waals surface area contributed by atoms with E-state index in [1.165, 1.54) is 0 Å². The normalized spacial score (nSPS) is 12.8. The predicted octanol–water partition coefficient (Wildman–Crippen LogP) is 2.73. The van der Waals surface area contributed by atoms with E-state index in [-0.39, 0.29) is 11.9 Å². The molecule has 158 valence electrons. The molecule has 0 bridgehead atoms. The van der Waals surface area contributed by atoms with E-state index in [1.54, 1.807) is 25.6 Å². The first kappa shape index (κ1) is 21.9. The molecule has 2 atom stereocenters. The van der Waals surface area contributed by atoms with Gasteiger partial charge in [-0.05, 0) is 34.7 Å². The summed E-state index contributed by atoms with van der Waals surface area (Å²) < 4.78 is 10.7. The Bertz CT molecular complexity index is 929. The lowest BCUT2D eigenvalue weighted by molar-refractivity contribution is -0.871. The smallest absolute Gasteiger partial charge is 0.275 e. The van der Waals surface area contributed by atoms with Crippen molar-refractivity contribution >= 4 is 17.2 Å². The first-order valence-electron chi connectivity index (χ1n) is 10.0. The van der Waals surface area contributed by atoms with Crippen molar-refractivity contribution in [3.05, 3.63) is 82.0 Å². The third kappa shape index (κ3) is 5.84. The van der Waals surface area contributed by atoms with Crippen LogP contribution in [0.4, 0.5) is 0 Å². The highest BCUT2D eigenvalue weighted by molar-refractivity contribution is 7.10. The molecule has 2 aromatic carbocycles. The Morgan fingerprint density at radius 1 is 1.03 bits per heavy atom. The number of quaternary nitrogens is 1. The van der Waals surface area contributed by atoms with E-state index in [0.29, 0.717) is 6.54 Å². The van der Waals surface area contributed by atoms with Gasteiger partial charge in [0.1, 0.15) is 0 Å². The summed E-state index contributed by atoms with van der Waals surface area (Å²) in [5, 5.41) is 5.25. The lowest BCUT2D eigenvalue weighted by atomic mass is 10.1. The summed E-state index contributed by atoms with van der Waals surface area (Å²) in [7, 11) is 5.32. The van der Waals surface area contributed by atoms with Gasteiger partial charge in [-0.2, -0.15) is 0 Å². The number of methoxy groups -OCH3 is 2. The van der Waals surface area contributed by atoms with Gasteiger partial charge in [-0.25, -0.2) is 0 Å². The molecule has 0 aliphatic carbocycles. The lowest BCUT2D eigenvalue weighted by Crippen LogP contribution is -3.10. The van der Waals surface area contributed by atoms with E-state index in [4.69, 9.17) is 9.47 Å². The van der Waals surface area contributed by atoms with E-state index in [9.17, 15) is 4.79 Å². The molecule has 0 fully saturated rings. The van der Waals surface area contributed by atoms with Crippen LogP contribution in [0.25, 0.3) is 0 Å². The fourth-order valence-corrected chi connectivity index (χ4v) is 4.19. The lowest BCUT2D eigenvalue weighted by Gasteiger charge is -2.20. The second-order valence-corrected chi connectivity index (χ2v) is 8.23. The molecular formula is C24H29N2O3S+. The van der Waals surface area contributed by atoms with Crippen molar-refractivity contribution in [3.8, 4) is 11.5 Å². The molecule has 3 aromatic rings. The number of ether oxygens (including phenoxy) is 2. The Morgan fingerprint density at radius 2 is 1.80 bits per heavy atom. The van der Waals surface area contributed by atoms with Crippen LogP contribution in [-0.2, 0) is 11.2 Å². The highest BCUT2D eigenvalue weighted by Crippen LogP contribution is 2.27. The number of thiophene rings is 1. The van der Waals surface area contributed by atoms with Crippen LogP contribution in [0, 0.1) is 0 Å². The topological polar surface area (TPSA) is 52.0 Å². The second kappa shape index (κ2) is 10.8.